The molecule has 7 heteroatoms. The zero-order valence-corrected chi connectivity index (χ0v) is 16.7. The van der Waals surface area contributed by atoms with Crippen LogP contribution in [0.5, 0.6) is 11.5 Å². The van der Waals surface area contributed by atoms with E-state index in [1.807, 2.05) is 12.1 Å². The van der Waals surface area contributed by atoms with Gasteiger partial charge in [-0.1, -0.05) is 17.7 Å². The molecule has 0 saturated heterocycles. The first-order valence-electron chi connectivity index (χ1n) is 8.75. The molecule has 5 nitrogen and oxygen atoms in total. The second-order valence-corrected chi connectivity index (χ2v) is 7.90. The van der Waals surface area contributed by atoms with Gasteiger partial charge in [-0.2, -0.15) is 0 Å². The van der Waals surface area contributed by atoms with Gasteiger partial charge in [0, 0.05) is 4.88 Å². The van der Waals surface area contributed by atoms with Crippen LogP contribution >= 0.6 is 22.9 Å². The van der Waals surface area contributed by atoms with Crippen LogP contribution < -0.4 is 15.0 Å². The van der Waals surface area contributed by atoms with Crippen LogP contribution in [0.4, 0.5) is 0 Å². The summed E-state index contributed by atoms with van der Waals surface area (Å²) in [5.74, 6) is 1.57. The first-order chi connectivity index (χ1) is 13.1. The molecule has 1 aliphatic rings. The van der Waals surface area contributed by atoms with Gasteiger partial charge in [0.1, 0.15) is 10.7 Å². The first-order valence-corrected chi connectivity index (χ1v) is 9.94. The molecule has 1 aromatic carbocycles. The minimum atomic E-state index is -0.0654. The summed E-state index contributed by atoms with van der Waals surface area (Å²) < 4.78 is 10.6. The van der Waals surface area contributed by atoms with Gasteiger partial charge in [0.2, 0.25) is 0 Å². The normalized spacial score (nSPS) is 13.9. The van der Waals surface area contributed by atoms with Crippen LogP contribution in [0, 0.1) is 0 Å². The molecule has 0 spiro atoms. The second-order valence-electron chi connectivity index (χ2n) is 6.41. The third kappa shape index (κ3) is 3.35. The number of H-pyrrole nitrogens is 1. The monoisotopic (exact) mass is 402 g/mol. The smallest absolute Gasteiger partial charge is 0.260 e. The lowest BCUT2D eigenvalue weighted by Crippen LogP contribution is -2.11. The van der Waals surface area contributed by atoms with E-state index in [0.717, 1.165) is 35.0 Å². The van der Waals surface area contributed by atoms with E-state index in [2.05, 4.69) is 9.97 Å². The topological polar surface area (TPSA) is 64.2 Å². The Morgan fingerprint density at radius 2 is 2.00 bits per heavy atom. The van der Waals surface area contributed by atoms with Crippen molar-refractivity contribution >= 4 is 45.3 Å². The third-order valence-corrected chi connectivity index (χ3v) is 6.20. The van der Waals surface area contributed by atoms with Crippen molar-refractivity contribution in [3.63, 3.8) is 0 Å². The van der Waals surface area contributed by atoms with Crippen molar-refractivity contribution < 1.29 is 9.47 Å². The highest BCUT2D eigenvalue weighted by molar-refractivity contribution is 7.18. The molecule has 0 fully saturated rings. The Morgan fingerprint density at radius 1 is 1.19 bits per heavy atom. The van der Waals surface area contributed by atoms with E-state index in [-0.39, 0.29) is 5.56 Å². The van der Waals surface area contributed by atoms with Crippen LogP contribution in [0.2, 0.25) is 5.02 Å². The van der Waals surface area contributed by atoms with E-state index in [1.165, 1.54) is 16.9 Å². The fourth-order valence-corrected chi connectivity index (χ4v) is 5.03. The molecule has 0 atom stereocenters. The largest absolute Gasteiger partial charge is 0.493 e. The van der Waals surface area contributed by atoms with Gasteiger partial charge in [-0.3, -0.25) is 4.79 Å². The average molecular weight is 403 g/mol. The maximum atomic E-state index is 12.6. The SMILES string of the molecule is COc1cc(C=Cc2nc3sc4c(c3c(=O)[nH]2)CCCC4)cc(Cl)c1OC. The number of methoxy groups -OCH3 is 2. The van der Waals surface area contributed by atoms with Gasteiger partial charge in [-0.15, -0.1) is 11.3 Å². The maximum Gasteiger partial charge on any atom is 0.260 e. The summed E-state index contributed by atoms with van der Waals surface area (Å²) in [5.41, 5.74) is 1.95. The molecule has 1 aliphatic carbocycles. The van der Waals surface area contributed by atoms with Gasteiger partial charge in [0.15, 0.2) is 11.5 Å². The summed E-state index contributed by atoms with van der Waals surface area (Å²) in [6.07, 6.45) is 7.96. The zero-order valence-electron chi connectivity index (χ0n) is 15.1. The van der Waals surface area contributed by atoms with E-state index in [0.29, 0.717) is 22.3 Å². The lowest BCUT2D eigenvalue weighted by atomic mass is 9.97. The molecule has 2 heterocycles. The van der Waals surface area contributed by atoms with E-state index >= 15 is 0 Å². The third-order valence-electron chi connectivity index (χ3n) is 4.73. The number of rotatable bonds is 4. The van der Waals surface area contributed by atoms with Crippen molar-refractivity contribution in [1.82, 2.24) is 9.97 Å². The summed E-state index contributed by atoms with van der Waals surface area (Å²) >= 11 is 7.89. The number of aromatic nitrogens is 2. The molecule has 1 N–H and O–H groups in total. The second kappa shape index (κ2) is 7.37. The van der Waals surface area contributed by atoms with Gasteiger partial charge >= 0.3 is 0 Å². The van der Waals surface area contributed by atoms with Crippen LogP contribution in [-0.4, -0.2) is 24.2 Å². The Morgan fingerprint density at radius 3 is 2.78 bits per heavy atom. The molecule has 0 aliphatic heterocycles. The van der Waals surface area contributed by atoms with E-state index in [4.69, 9.17) is 21.1 Å². The number of hydrogen-bond donors (Lipinski definition) is 1. The molecule has 4 rings (SSSR count). The molecule has 0 radical (unpaired) electrons. The Balaban J connectivity index is 1.71. The van der Waals surface area contributed by atoms with Gasteiger partial charge in [0.05, 0.1) is 24.6 Å². The van der Waals surface area contributed by atoms with Crippen molar-refractivity contribution in [2.45, 2.75) is 25.7 Å². The van der Waals surface area contributed by atoms with Crippen LogP contribution in [0.3, 0.4) is 0 Å². The summed E-state index contributed by atoms with van der Waals surface area (Å²) in [6, 6.07) is 3.60. The average Bonchev–Trinajstić information content (AvgIpc) is 3.04. The Kier molecular flexibility index (Phi) is 4.93. The summed E-state index contributed by atoms with van der Waals surface area (Å²) in [5, 5.41) is 1.22. The molecule has 3 aromatic rings. The van der Waals surface area contributed by atoms with Crippen molar-refractivity contribution in [2.75, 3.05) is 14.2 Å². The van der Waals surface area contributed by atoms with E-state index in [1.54, 1.807) is 37.7 Å². The fraction of sp³-hybridized carbons (Fsp3) is 0.300. The predicted octanol–water partition coefficient (Wildman–Crippen LogP) is 4.70. The van der Waals surface area contributed by atoms with Gasteiger partial charge < -0.3 is 14.5 Å². The lowest BCUT2D eigenvalue weighted by Gasteiger charge is -2.10. The zero-order chi connectivity index (χ0) is 19.0. The van der Waals surface area contributed by atoms with Gasteiger partial charge in [-0.05, 0) is 55.0 Å². The molecule has 0 amide bonds. The maximum absolute atomic E-state index is 12.6. The molecule has 140 valence electrons. The van der Waals surface area contributed by atoms with Crippen molar-refractivity contribution in [1.29, 1.82) is 0 Å². The van der Waals surface area contributed by atoms with Gasteiger partial charge in [-0.25, -0.2) is 4.98 Å². The highest BCUT2D eigenvalue weighted by Crippen LogP contribution is 2.36. The van der Waals surface area contributed by atoms with Crippen molar-refractivity contribution in [2.24, 2.45) is 0 Å². The fourth-order valence-electron chi connectivity index (χ4n) is 3.47. The number of hydrogen-bond acceptors (Lipinski definition) is 5. The molecule has 2 aromatic heterocycles. The minimum absolute atomic E-state index is 0.0654. The lowest BCUT2D eigenvalue weighted by molar-refractivity contribution is 0.355. The van der Waals surface area contributed by atoms with Crippen LogP contribution in [-0.2, 0) is 12.8 Å². The Labute approximate surface area is 165 Å². The number of aromatic amines is 1. The summed E-state index contributed by atoms with van der Waals surface area (Å²) in [7, 11) is 3.11. The highest BCUT2D eigenvalue weighted by atomic mass is 35.5. The molecular formula is C20H19ClN2O3S. The van der Waals surface area contributed by atoms with Crippen molar-refractivity contribution in [3.05, 3.63) is 49.3 Å². The number of nitrogens with one attached hydrogen (secondary N) is 1. The first kappa shape index (κ1) is 18.1. The number of ether oxygens (including phenoxy) is 2. The highest BCUT2D eigenvalue weighted by Gasteiger charge is 2.19. The summed E-state index contributed by atoms with van der Waals surface area (Å²) in [6.45, 7) is 0. The number of aryl methyl sites for hydroxylation is 2. The molecule has 0 bridgehead atoms. The number of nitrogens with zero attached hydrogens (tertiary/aromatic N) is 1. The molecular weight excluding hydrogens is 384 g/mol. The van der Waals surface area contributed by atoms with E-state index < -0.39 is 0 Å². The number of benzene rings is 1. The van der Waals surface area contributed by atoms with Crippen molar-refractivity contribution in [3.8, 4) is 11.5 Å². The standard InChI is InChI=1S/C20H19ClN2O3S/c1-25-14-10-11(9-13(21)18(14)26-2)7-8-16-22-19(24)17-12-5-3-4-6-15(12)27-20(17)23-16/h7-10H,3-6H2,1-2H3,(H,22,23,24). The van der Waals surface area contributed by atoms with Crippen LogP contribution in [0.25, 0.3) is 22.4 Å². The molecule has 27 heavy (non-hydrogen) atoms. The molecule has 0 unspecified atom stereocenters. The minimum Gasteiger partial charge on any atom is -0.493 e. The number of halogens is 1. The Hall–Kier alpha value is -2.31. The van der Waals surface area contributed by atoms with Gasteiger partial charge in [0.25, 0.3) is 5.56 Å². The van der Waals surface area contributed by atoms with Crippen LogP contribution in [0.1, 0.15) is 34.7 Å². The summed E-state index contributed by atoms with van der Waals surface area (Å²) in [4.78, 5) is 22.3. The molecule has 0 saturated carbocycles. The number of fused-ring (bicyclic) bond motifs is 3. The van der Waals surface area contributed by atoms with E-state index in [9.17, 15) is 4.79 Å². The predicted molar refractivity (Wildman–Crippen MR) is 110 cm³/mol. The number of thiophene rings is 1. The van der Waals surface area contributed by atoms with Crippen LogP contribution in [0.15, 0.2) is 16.9 Å². The quantitative estimate of drug-likeness (QED) is 0.686. The Bertz CT molecular complexity index is 1100.